The van der Waals surface area contributed by atoms with E-state index in [0.717, 1.165) is 22.3 Å². The van der Waals surface area contributed by atoms with Crippen LogP contribution in [0.5, 0.6) is 11.5 Å². The molecule has 0 amide bonds. The number of phenols is 2. The van der Waals surface area contributed by atoms with E-state index in [1.54, 1.807) is 0 Å². The zero-order valence-electron chi connectivity index (χ0n) is 20.2. The Kier molecular flexibility index (Phi) is 7.85. The van der Waals surface area contributed by atoms with E-state index in [1.165, 1.54) is 8.92 Å². The van der Waals surface area contributed by atoms with E-state index in [2.05, 4.69) is 93.5 Å². The number of aromatic hydroxyl groups is 2. The molecule has 0 aliphatic rings. The summed E-state index contributed by atoms with van der Waals surface area (Å²) in [6.45, 7) is 21.6. The second-order valence-electron chi connectivity index (χ2n) is 10.8. The van der Waals surface area contributed by atoms with Gasteiger partial charge in [0.15, 0.2) is 0 Å². The molecule has 166 valence electrons. The van der Waals surface area contributed by atoms with Crippen LogP contribution in [0.15, 0.2) is 24.3 Å². The molecule has 0 heterocycles. The van der Waals surface area contributed by atoms with Gasteiger partial charge in [-0.2, -0.15) is 0 Å². The van der Waals surface area contributed by atoms with Gasteiger partial charge >= 0.3 is 195 Å². The van der Waals surface area contributed by atoms with Gasteiger partial charge in [0.05, 0.1) is 0 Å². The molecular weight excluding hydrogens is 502 g/mol. The van der Waals surface area contributed by atoms with Crippen molar-refractivity contribution in [2.75, 3.05) is 0 Å². The first-order valence-corrected chi connectivity index (χ1v) is 16.8. The Morgan fingerprint density at radius 1 is 0.600 bits per heavy atom. The first kappa shape index (κ1) is 25.3. The summed E-state index contributed by atoms with van der Waals surface area (Å²) in [6.07, 6.45) is 0. The standard InChI is InChI=1S/C26H38O2Se2/c1-15(2)19-11-17(13-21(23(19)27)25(5,6)7)29-30-18-12-20(16(3)4)24(28)22(14-18)26(8,9)10/h11-16,27-28H,1-10H3. The molecule has 2 aromatic rings. The van der Waals surface area contributed by atoms with Gasteiger partial charge in [-0.1, -0.05) is 0 Å². The van der Waals surface area contributed by atoms with Gasteiger partial charge in [0, 0.05) is 0 Å². The Labute approximate surface area is 194 Å². The van der Waals surface area contributed by atoms with Crippen molar-refractivity contribution in [1.82, 2.24) is 0 Å². The van der Waals surface area contributed by atoms with Crippen LogP contribution >= 0.6 is 0 Å². The minimum absolute atomic E-state index is 0.0877. The number of hydrogen-bond donors (Lipinski definition) is 2. The van der Waals surface area contributed by atoms with Crippen molar-refractivity contribution in [2.45, 2.75) is 91.9 Å². The van der Waals surface area contributed by atoms with Crippen molar-refractivity contribution in [1.29, 1.82) is 0 Å². The molecule has 0 unspecified atom stereocenters. The van der Waals surface area contributed by atoms with Gasteiger partial charge in [-0.05, 0) is 0 Å². The summed E-state index contributed by atoms with van der Waals surface area (Å²) < 4.78 is 2.70. The summed E-state index contributed by atoms with van der Waals surface area (Å²) in [5.41, 5.74) is 4.03. The van der Waals surface area contributed by atoms with Crippen molar-refractivity contribution in [3.8, 4) is 11.5 Å². The Bertz CT molecular complexity index is 825. The van der Waals surface area contributed by atoms with Crippen molar-refractivity contribution in [3.05, 3.63) is 46.5 Å². The second kappa shape index (κ2) is 9.29. The van der Waals surface area contributed by atoms with Crippen molar-refractivity contribution in [3.63, 3.8) is 0 Å². The maximum absolute atomic E-state index is 10.8. The zero-order chi connectivity index (χ0) is 23.0. The van der Waals surface area contributed by atoms with Gasteiger partial charge in [0.2, 0.25) is 0 Å². The van der Waals surface area contributed by atoms with E-state index in [9.17, 15) is 10.2 Å². The number of benzene rings is 2. The molecule has 0 saturated heterocycles. The molecule has 4 heteroatoms. The summed E-state index contributed by atoms with van der Waals surface area (Å²) in [7, 11) is 0. The van der Waals surface area contributed by atoms with Gasteiger partial charge in [-0.3, -0.25) is 0 Å². The fourth-order valence-corrected chi connectivity index (χ4v) is 9.51. The van der Waals surface area contributed by atoms with Gasteiger partial charge in [-0.25, -0.2) is 0 Å². The molecule has 30 heavy (non-hydrogen) atoms. The second-order valence-corrected chi connectivity index (χ2v) is 17.1. The Morgan fingerprint density at radius 2 is 0.900 bits per heavy atom. The van der Waals surface area contributed by atoms with Crippen LogP contribution in [0.4, 0.5) is 0 Å². The normalized spacial score (nSPS) is 12.8. The Morgan fingerprint density at radius 3 is 1.13 bits per heavy atom. The SMILES string of the molecule is CC(C)c1cc([Se][Se]c2cc(C(C)C)c(O)c(C(C)(C)C)c2)cc(C(C)(C)C)c1O. The third kappa shape index (κ3) is 5.86. The molecule has 2 rings (SSSR count). The van der Waals surface area contributed by atoms with Crippen molar-refractivity contribution >= 4 is 35.2 Å². The topological polar surface area (TPSA) is 40.5 Å². The molecule has 2 aromatic carbocycles. The van der Waals surface area contributed by atoms with Crippen LogP contribution < -0.4 is 8.92 Å². The van der Waals surface area contributed by atoms with E-state index in [1.807, 2.05) is 0 Å². The Hall–Kier alpha value is -0.921. The molecule has 0 atom stereocenters. The van der Waals surface area contributed by atoms with E-state index in [0.29, 0.717) is 49.6 Å². The molecule has 0 bridgehead atoms. The van der Waals surface area contributed by atoms with Crippen molar-refractivity contribution in [2.24, 2.45) is 0 Å². The first-order chi connectivity index (χ1) is 13.6. The van der Waals surface area contributed by atoms with Crippen LogP contribution in [0.3, 0.4) is 0 Å². The number of hydrogen-bond acceptors (Lipinski definition) is 2. The van der Waals surface area contributed by atoms with E-state index < -0.39 is 0 Å². The van der Waals surface area contributed by atoms with E-state index >= 15 is 0 Å². The third-order valence-corrected chi connectivity index (χ3v) is 12.4. The fraction of sp³-hybridized carbons (Fsp3) is 0.538. The average Bonchev–Trinajstić information content (AvgIpc) is 2.59. The zero-order valence-corrected chi connectivity index (χ0v) is 23.6. The molecule has 2 nitrogen and oxygen atoms in total. The minimum atomic E-state index is -0.0877. The van der Waals surface area contributed by atoms with Gasteiger partial charge < -0.3 is 0 Å². The molecule has 0 saturated carbocycles. The van der Waals surface area contributed by atoms with Gasteiger partial charge in [-0.15, -0.1) is 0 Å². The predicted molar refractivity (Wildman–Crippen MR) is 133 cm³/mol. The van der Waals surface area contributed by atoms with Crippen LogP contribution in [0.2, 0.25) is 0 Å². The van der Waals surface area contributed by atoms with Crippen LogP contribution in [-0.2, 0) is 10.8 Å². The summed E-state index contributed by atoms with van der Waals surface area (Å²) in [5, 5.41) is 21.7. The van der Waals surface area contributed by atoms with Crippen LogP contribution in [0, 0.1) is 0 Å². The molecule has 0 aliphatic heterocycles. The fourth-order valence-electron chi connectivity index (χ4n) is 3.47. The van der Waals surface area contributed by atoms with Crippen LogP contribution in [-0.4, -0.2) is 36.5 Å². The molecular formula is C26H38O2Se2. The summed E-state index contributed by atoms with van der Waals surface area (Å²) in [5.74, 6) is 1.52. The van der Waals surface area contributed by atoms with E-state index in [-0.39, 0.29) is 10.8 Å². The van der Waals surface area contributed by atoms with Crippen LogP contribution in [0.1, 0.15) is 103 Å². The average molecular weight is 541 g/mol. The Balaban J connectivity index is 2.46. The maximum atomic E-state index is 10.8. The predicted octanol–water partition coefficient (Wildman–Crippen LogP) is 5.21. The van der Waals surface area contributed by atoms with Crippen molar-refractivity contribution < 1.29 is 10.2 Å². The van der Waals surface area contributed by atoms with E-state index in [4.69, 9.17) is 0 Å². The number of phenolic OH excluding ortho intramolecular Hbond substituents is 2. The quantitative estimate of drug-likeness (QED) is 0.512. The van der Waals surface area contributed by atoms with Gasteiger partial charge in [0.25, 0.3) is 0 Å². The molecule has 0 fully saturated rings. The molecule has 0 spiro atoms. The first-order valence-electron chi connectivity index (χ1n) is 10.7. The molecule has 2 N–H and O–H groups in total. The monoisotopic (exact) mass is 542 g/mol. The summed E-state index contributed by atoms with van der Waals surface area (Å²) in [4.78, 5) is 0. The van der Waals surface area contributed by atoms with Crippen LogP contribution in [0.25, 0.3) is 0 Å². The molecule has 0 aliphatic carbocycles. The molecule has 0 radical (unpaired) electrons. The van der Waals surface area contributed by atoms with Gasteiger partial charge in [0.1, 0.15) is 0 Å². The third-order valence-electron chi connectivity index (χ3n) is 5.32. The summed E-state index contributed by atoms with van der Waals surface area (Å²) in [6, 6.07) is 8.87. The number of rotatable bonds is 5. The summed E-state index contributed by atoms with van der Waals surface area (Å²) >= 11 is 0.620. The molecule has 0 aromatic heterocycles.